The van der Waals surface area contributed by atoms with Crippen LogP contribution in [0.3, 0.4) is 0 Å². The van der Waals surface area contributed by atoms with Crippen LogP contribution in [0.5, 0.6) is 11.5 Å². The molecule has 94 valence electrons. The topological polar surface area (TPSA) is 35.5 Å². The Bertz CT molecular complexity index is 425. The average molecular weight is 290 g/mol. The van der Waals surface area contributed by atoms with Crippen LogP contribution in [0.15, 0.2) is 21.9 Å². The summed E-state index contributed by atoms with van der Waals surface area (Å²) in [5, 5.41) is 0. The maximum absolute atomic E-state index is 11.1. The smallest absolute Gasteiger partial charge is 0.175 e. The van der Waals surface area contributed by atoms with Gasteiger partial charge in [-0.1, -0.05) is 11.8 Å². The Kier molecular flexibility index (Phi) is 4.71. The van der Waals surface area contributed by atoms with E-state index in [1.165, 1.54) is 0 Å². The van der Waals surface area contributed by atoms with Crippen molar-refractivity contribution in [2.75, 3.05) is 13.2 Å². The highest BCUT2D eigenvalue weighted by atomic mass is 32.2. The van der Waals surface area contributed by atoms with Gasteiger partial charge in [-0.3, -0.25) is 0 Å². The van der Waals surface area contributed by atoms with Gasteiger partial charge >= 0.3 is 0 Å². The summed E-state index contributed by atoms with van der Waals surface area (Å²) in [6.45, 7) is 5.14. The number of fused-ring (bicyclic) bond motifs is 1. The maximum Gasteiger partial charge on any atom is 0.175 e. The first-order valence-electron chi connectivity index (χ1n) is 5.51. The number of benzene rings is 1. The lowest BCUT2D eigenvalue weighted by molar-refractivity contribution is 0.281. The fraction of sp³-hybridized carbons (Fsp3) is 0.455. The van der Waals surface area contributed by atoms with E-state index < -0.39 is 8.46 Å². The summed E-state index contributed by atoms with van der Waals surface area (Å²) in [6.07, 6.45) is 0. The van der Waals surface area contributed by atoms with Gasteiger partial charge in [-0.2, -0.15) is 0 Å². The van der Waals surface area contributed by atoms with Gasteiger partial charge in [0.15, 0.2) is 11.5 Å². The molecule has 0 aliphatic carbocycles. The summed E-state index contributed by atoms with van der Waals surface area (Å²) in [5.41, 5.74) is 0. The summed E-state index contributed by atoms with van der Waals surface area (Å²) in [5.74, 6) is 1.59. The molecular weight excluding hydrogens is 275 g/mol. The van der Waals surface area contributed by atoms with Gasteiger partial charge in [-0.05, 0) is 26.0 Å². The first-order chi connectivity index (χ1) is 8.30. The quantitative estimate of drug-likeness (QED) is 0.772. The highest BCUT2D eigenvalue weighted by Crippen LogP contribution is 2.57. The second-order valence-electron chi connectivity index (χ2n) is 3.33. The SMILES string of the molecule is CCOc1ccc2c(c1OCC)SC([PH2]=O)S2. The summed E-state index contributed by atoms with van der Waals surface area (Å²) in [6, 6.07) is 3.96. The first kappa shape index (κ1) is 13.2. The molecule has 3 nitrogen and oxygen atoms in total. The van der Waals surface area contributed by atoms with E-state index in [0.717, 1.165) is 21.3 Å². The molecule has 0 bridgehead atoms. The van der Waals surface area contributed by atoms with Gasteiger partial charge in [0.1, 0.15) is 4.32 Å². The molecule has 1 aromatic rings. The van der Waals surface area contributed by atoms with Gasteiger partial charge in [0.05, 0.1) is 26.6 Å². The predicted molar refractivity (Wildman–Crippen MR) is 74.7 cm³/mol. The zero-order valence-corrected chi connectivity index (χ0v) is 12.6. The van der Waals surface area contributed by atoms with E-state index in [4.69, 9.17) is 9.47 Å². The average Bonchev–Trinajstić information content (AvgIpc) is 2.76. The van der Waals surface area contributed by atoms with Crippen LogP contribution in [0, 0.1) is 0 Å². The minimum atomic E-state index is -0.782. The molecule has 1 aromatic carbocycles. The van der Waals surface area contributed by atoms with E-state index in [9.17, 15) is 4.57 Å². The minimum absolute atomic E-state index is 0.140. The molecule has 0 amide bonds. The largest absolute Gasteiger partial charge is 0.490 e. The Morgan fingerprint density at radius 1 is 1.24 bits per heavy atom. The molecule has 2 unspecified atom stereocenters. The van der Waals surface area contributed by atoms with E-state index in [-0.39, 0.29) is 4.32 Å². The van der Waals surface area contributed by atoms with Crippen molar-refractivity contribution in [3.8, 4) is 11.5 Å². The van der Waals surface area contributed by atoms with Gasteiger partial charge in [-0.25, -0.2) is 0 Å². The van der Waals surface area contributed by atoms with Crippen molar-refractivity contribution in [3.63, 3.8) is 0 Å². The van der Waals surface area contributed by atoms with Crippen molar-refractivity contribution in [1.29, 1.82) is 0 Å². The fourth-order valence-electron chi connectivity index (χ4n) is 1.60. The van der Waals surface area contributed by atoms with Gasteiger partial charge in [0.2, 0.25) is 0 Å². The Morgan fingerprint density at radius 2 is 2.00 bits per heavy atom. The van der Waals surface area contributed by atoms with Crippen LogP contribution in [-0.2, 0) is 4.57 Å². The van der Waals surface area contributed by atoms with Crippen LogP contribution < -0.4 is 9.47 Å². The maximum atomic E-state index is 11.1. The fourth-order valence-corrected chi connectivity index (χ4v) is 5.26. The van der Waals surface area contributed by atoms with Crippen molar-refractivity contribution < 1.29 is 14.0 Å². The highest BCUT2D eigenvalue weighted by Gasteiger charge is 2.27. The molecule has 17 heavy (non-hydrogen) atoms. The summed E-state index contributed by atoms with van der Waals surface area (Å²) in [7, 11) is -0.782. The van der Waals surface area contributed by atoms with Crippen molar-refractivity contribution in [2.45, 2.75) is 28.0 Å². The lowest BCUT2D eigenvalue weighted by atomic mass is 10.3. The van der Waals surface area contributed by atoms with E-state index in [1.54, 1.807) is 23.5 Å². The number of hydrogen-bond acceptors (Lipinski definition) is 5. The first-order valence-corrected chi connectivity index (χ1v) is 8.41. The van der Waals surface area contributed by atoms with Gasteiger partial charge in [0, 0.05) is 4.90 Å². The van der Waals surface area contributed by atoms with E-state index >= 15 is 0 Å². The third kappa shape index (κ3) is 2.78. The molecule has 2 rings (SSSR count). The van der Waals surface area contributed by atoms with E-state index in [2.05, 4.69) is 0 Å². The molecule has 1 aliphatic rings. The molecule has 0 aromatic heterocycles. The monoisotopic (exact) mass is 290 g/mol. The highest BCUT2D eigenvalue weighted by molar-refractivity contribution is 8.24. The molecule has 6 heteroatoms. The summed E-state index contributed by atoms with van der Waals surface area (Å²) < 4.78 is 22.4. The Balaban J connectivity index is 2.37. The number of thioether (sulfide) groups is 2. The van der Waals surface area contributed by atoms with Gasteiger partial charge in [0.25, 0.3) is 0 Å². The van der Waals surface area contributed by atoms with Crippen molar-refractivity contribution >= 4 is 32.0 Å². The Morgan fingerprint density at radius 3 is 2.65 bits per heavy atom. The Labute approximate surface area is 111 Å². The second kappa shape index (κ2) is 6.07. The van der Waals surface area contributed by atoms with Crippen LogP contribution in [0.2, 0.25) is 0 Å². The van der Waals surface area contributed by atoms with Crippen molar-refractivity contribution in [2.24, 2.45) is 0 Å². The van der Waals surface area contributed by atoms with Gasteiger partial charge in [-0.15, -0.1) is 11.8 Å². The normalized spacial score (nSPS) is 18.6. The van der Waals surface area contributed by atoms with Gasteiger partial charge < -0.3 is 14.0 Å². The molecule has 0 spiro atoms. The summed E-state index contributed by atoms with van der Waals surface area (Å²) in [4.78, 5) is 2.23. The zero-order valence-electron chi connectivity index (χ0n) is 9.76. The van der Waals surface area contributed by atoms with E-state index in [0.29, 0.717) is 13.2 Å². The standard InChI is InChI=1S/C11H15O3PS2/c1-3-13-7-5-6-8-10(9(7)14-4-2)17-11(15-12)16-8/h5-6,11H,3-4,15H2,1-2H3. The third-order valence-corrected chi connectivity index (χ3v) is 6.33. The van der Waals surface area contributed by atoms with Crippen LogP contribution in [-0.4, -0.2) is 17.5 Å². The Hall–Kier alpha value is -0.250. The van der Waals surface area contributed by atoms with Crippen molar-refractivity contribution in [3.05, 3.63) is 12.1 Å². The molecule has 1 heterocycles. The number of rotatable bonds is 5. The third-order valence-electron chi connectivity index (χ3n) is 2.22. The molecule has 0 fully saturated rings. The second-order valence-corrected chi connectivity index (χ2v) is 7.87. The number of hydrogen-bond donors (Lipinski definition) is 0. The summed E-state index contributed by atoms with van der Waals surface area (Å²) >= 11 is 3.28. The molecular formula is C11H15O3PS2. The number of ether oxygens (including phenoxy) is 2. The molecule has 0 saturated carbocycles. The minimum Gasteiger partial charge on any atom is -0.490 e. The predicted octanol–water partition coefficient (Wildman–Crippen LogP) is 3.72. The molecule has 0 saturated heterocycles. The van der Waals surface area contributed by atoms with E-state index in [1.807, 2.05) is 26.0 Å². The lowest BCUT2D eigenvalue weighted by Crippen LogP contribution is -1.99. The van der Waals surface area contributed by atoms with Crippen LogP contribution in [0.1, 0.15) is 13.8 Å². The molecule has 1 aliphatic heterocycles. The molecule has 0 radical (unpaired) electrons. The zero-order chi connectivity index (χ0) is 12.3. The van der Waals surface area contributed by atoms with Crippen LogP contribution in [0.25, 0.3) is 0 Å². The van der Waals surface area contributed by atoms with Crippen molar-refractivity contribution in [1.82, 2.24) is 0 Å². The lowest BCUT2D eigenvalue weighted by Gasteiger charge is -2.13. The molecule has 2 atom stereocenters. The molecule has 0 N–H and O–H groups in total. The van der Waals surface area contributed by atoms with Crippen LogP contribution in [0.4, 0.5) is 0 Å². The van der Waals surface area contributed by atoms with Crippen LogP contribution >= 0.6 is 32.0 Å².